The predicted molar refractivity (Wildman–Crippen MR) is 22.4 cm³/mol. The molecule has 0 aliphatic rings. The monoisotopic (exact) mass is 103 g/mol. The van der Waals surface area contributed by atoms with Crippen molar-refractivity contribution >= 4 is 5.97 Å². The van der Waals surface area contributed by atoms with Crippen LogP contribution in [0.15, 0.2) is 0 Å². The molecule has 0 aromatic heterocycles. The first-order valence-electron chi connectivity index (χ1n) is 1.99. The van der Waals surface area contributed by atoms with Gasteiger partial charge in [-0.3, -0.25) is 4.79 Å². The molecule has 7 heavy (non-hydrogen) atoms. The largest absolute Gasteiger partial charge is 0.481 e. The highest BCUT2D eigenvalue weighted by molar-refractivity contribution is 5.69. The quantitative estimate of drug-likeness (QED) is 0.540. The van der Waals surface area contributed by atoms with Crippen LogP contribution < -0.4 is 0 Å². The zero-order valence-corrected chi connectivity index (χ0v) is 4.05. The van der Waals surface area contributed by atoms with Gasteiger partial charge in [0.25, 0.3) is 0 Å². The Balaban J connectivity index is 3.34. The van der Waals surface area contributed by atoms with Gasteiger partial charge < -0.3 is 5.11 Å². The lowest BCUT2D eigenvalue weighted by atomic mass is 10.2. The summed E-state index contributed by atoms with van der Waals surface area (Å²) in [5.74, 6) is -1.75. The van der Waals surface area contributed by atoms with Gasteiger partial charge in [-0.25, -0.2) is 5.11 Å². The summed E-state index contributed by atoms with van der Waals surface area (Å²) in [6.07, 6.45) is 0. The van der Waals surface area contributed by atoms with E-state index >= 15 is 0 Å². The lowest BCUT2D eigenvalue weighted by Crippen LogP contribution is -2.12. The molecule has 3 nitrogen and oxygen atoms in total. The second-order valence-electron chi connectivity index (χ2n) is 1.41. The molecule has 0 aromatic carbocycles. The van der Waals surface area contributed by atoms with Crippen LogP contribution in [0.5, 0.6) is 0 Å². The molecule has 0 aliphatic carbocycles. The molecular formula is C4H7O3. The molecule has 0 saturated carbocycles. The second kappa shape index (κ2) is 2.58. The summed E-state index contributed by atoms with van der Waals surface area (Å²) in [4.78, 5) is 9.73. The average Bonchev–Trinajstić information content (AvgIpc) is 1.65. The second-order valence-corrected chi connectivity index (χ2v) is 1.41. The smallest absolute Gasteiger partial charge is 0.308 e. The van der Waals surface area contributed by atoms with Gasteiger partial charge >= 0.3 is 5.97 Å². The van der Waals surface area contributed by atoms with E-state index in [4.69, 9.17) is 5.11 Å². The maximum atomic E-state index is 9.73. The molecule has 1 N–H and O–H groups in total. The molecule has 0 heterocycles. The van der Waals surface area contributed by atoms with Gasteiger partial charge in [-0.05, 0) is 6.92 Å². The fourth-order valence-corrected chi connectivity index (χ4v) is 0.0713. The number of hydrogen-bond donors (Lipinski definition) is 1. The highest BCUT2D eigenvalue weighted by atomic mass is 16.4. The van der Waals surface area contributed by atoms with Crippen molar-refractivity contribution in [2.75, 3.05) is 6.61 Å². The summed E-state index contributed by atoms with van der Waals surface area (Å²) < 4.78 is 0. The molecule has 41 valence electrons. The van der Waals surface area contributed by atoms with Gasteiger partial charge in [0.15, 0.2) is 0 Å². The number of carboxylic acids is 1. The minimum atomic E-state index is -1.02. The Labute approximate surface area is 41.6 Å². The van der Waals surface area contributed by atoms with E-state index < -0.39 is 18.5 Å². The van der Waals surface area contributed by atoms with Crippen molar-refractivity contribution in [2.45, 2.75) is 6.92 Å². The Kier molecular flexibility index (Phi) is 2.37. The summed E-state index contributed by atoms with van der Waals surface area (Å²) >= 11 is 0. The summed E-state index contributed by atoms with van der Waals surface area (Å²) in [5.41, 5.74) is 0. The van der Waals surface area contributed by atoms with Gasteiger partial charge in [0.2, 0.25) is 0 Å². The molecule has 3 heteroatoms. The standard InChI is InChI=1S/C4H7O3/c1-3(2-5)4(6)7/h3H,2H2,1H3,(H,6,7). The average molecular weight is 103 g/mol. The van der Waals surface area contributed by atoms with Crippen LogP contribution in [-0.2, 0) is 9.90 Å². The van der Waals surface area contributed by atoms with Crippen molar-refractivity contribution in [2.24, 2.45) is 5.92 Å². The van der Waals surface area contributed by atoms with E-state index in [0.29, 0.717) is 0 Å². The lowest BCUT2D eigenvalue weighted by molar-refractivity contribution is -0.143. The van der Waals surface area contributed by atoms with E-state index in [0.717, 1.165) is 0 Å². The lowest BCUT2D eigenvalue weighted by Gasteiger charge is -1.94. The molecular weight excluding hydrogens is 96.0 g/mol. The van der Waals surface area contributed by atoms with Gasteiger partial charge in [0.1, 0.15) is 0 Å². The van der Waals surface area contributed by atoms with Crippen LogP contribution in [0.1, 0.15) is 6.92 Å². The first-order valence-corrected chi connectivity index (χ1v) is 1.99. The van der Waals surface area contributed by atoms with Crippen molar-refractivity contribution in [3.05, 3.63) is 0 Å². The van der Waals surface area contributed by atoms with E-state index in [1.54, 1.807) is 0 Å². The Morgan fingerprint density at radius 3 is 2.29 bits per heavy atom. The minimum absolute atomic E-state index is 0.532. The maximum absolute atomic E-state index is 9.73. The maximum Gasteiger partial charge on any atom is 0.308 e. The highest BCUT2D eigenvalue weighted by Gasteiger charge is 2.07. The molecule has 1 atom stereocenters. The molecule has 0 spiro atoms. The molecule has 0 rings (SSSR count). The topological polar surface area (TPSA) is 57.2 Å². The molecule has 0 fully saturated rings. The summed E-state index contributed by atoms with van der Waals surface area (Å²) in [6, 6.07) is 0. The van der Waals surface area contributed by atoms with Crippen LogP contribution in [0.2, 0.25) is 0 Å². The number of aliphatic carboxylic acids is 1. The van der Waals surface area contributed by atoms with Crippen molar-refractivity contribution in [1.29, 1.82) is 0 Å². The number of rotatable bonds is 2. The fraction of sp³-hybridized carbons (Fsp3) is 0.750. The van der Waals surface area contributed by atoms with Crippen LogP contribution in [-0.4, -0.2) is 17.7 Å². The highest BCUT2D eigenvalue weighted by Crippen LogP contribution is 1.89. The molecule has 0 aromatic rings. The Hall–Kier alpha value is -0.570. The van der Waals surface area contributed by atoms with Gasteiger partial charge in [0.05, 0.1) is 12.5 Å². The molecule has 0 aliphatic heterocycles. The van der Waals surface area contributed by atoms with Crippen LogP contribution in [0.4, 0.5) is 0 Å². The third kappa shape index (κ3) is 2.17. The SMILES string of the molecule is CC(C[O])C(=O)O. The predicted octanol–water partition coefficient (Wildman–Crippen LogP) is 0.138. The Morgan fingerprint density at radius 2 is 2.29 bits per heavy atom. The molecule has 1 radical (unpaired) electrons. The fourth-order valence-electron chi connectivity index (χ4n) is 0.0713. The third-order valence-electron chi connectivity index (χ3n) is 0.672. The molecule has 1 unspecified atom stereocenters. The van der Waals surface area contributed by atoms with E-state index in [-0.39, 0.29) is 0 Å². The minimum Gasteiger partial charge on any atom is -0.481 e. The van der Waals surface area contributed by atoms with Crippen molar-refractivity contribution < 1.29 is 15.0 Å². The number of carboxylic acid groups (broad SMARTS) is 1. The summed E-state index contributed by atoms with van der Waals surface area (Å²) in [7, 11) is 0. The zero-order chi connectivity index (χ0) is 5.86. The van der Waals surface area contributed by atoms with Crippen molar-refractivity contribution in [1.82, 2.24) is 0 Å². The third-order valence-corrected chi connectivity index (χ3v) is 0.672. The summed E-state index contributed by atoms with van der Waals surface area (Å²) in [6.45, 7) is 0.852. The Bertz CT molecular complexity index is 69.3. The van der Waals surface area contributed by atoms with Gasteiger partial charge in [0, 0.05) is 0 Å². The van der Waals surface area contributed by atoms with Crippen molar-refractivity contribution in [3.63, 3.8) is 0 Å². The molecule has 0 bridgehead atoms. The number of hydrogen-bond acceptors (Lipinski definition) is 1. The van der Waals surface area contributed by atoms with Crippen LogP contribution in [0, 0.1) is 5.92 Å². The molecule has 0 saturated heterocycles. The summed E-state index contributed by atoms with van der Waals surface area (Å²) in [5, 5.41) is 17.7. The van der Waals surface area contributed by atoms with Gasteiger partial charge in [-0.15, -0.1) is 0 Å². The normalized spacial score (nSPS) is 13.4. The van der Waals surface area contributed by atoms with Crippen LogP contribution in [0.25, 0.3) is 0 Å². The van der Waals surface area contributed by atoms with Crippen LogP contribution >= 0.6 is 0 Å². The van der Waals surface area contributed by atoms with Crippen molar-refractivity contribution in [3.8, 4) is 0 Å². The molecule has 0 amide bonds. The Morgan fingerprint density at radius 1 is 1.86 bits per heavy atom. The zero-order valence-electron chi connectivity index (χ0n) is 4.05. The van der Waals surface area contributed by atoms with E-state index in [1.807, 2.05) is 0 Å². The first-order chi connectivity index (χ1) is 3.18. The van der Waals surface area contributed by atoms with E-state index in [1.165, 1.54) is 6.92 Å². The van der Waals surface area contributed by atoms with Gasteiger partial charge in [-0.2, -0.15) is 0 Å². The van der Waals surface area contributed by atoms with Gasteiger partial charge in [-0.1, -0.05) is 0 Å². The van der Waals surface area contributed by atoms with E-state index in [9.17, 15) is 9.90 Å². The van der Waals surface area contributed by atoms with E-state index in [2.05, 4.69) is 0 Å². The first kappa shape index (κ1) is 6.43. The van der Waals surface area contributed by atoms with Crippen LogP contribution in [0.3, 0.4) is 0 Å². The number of carbonyl (C=O) groups is 1.